The first-order valence-electron chi connectivity index (χ1n) is 16.1. The smallest absolute Gasteiger partial charge is 0.208 e. The van der Waals surface area contributed by atoms with Gasteiger partial charge in [-0.15, -0.1) is 0 Å². The number of allylic oxidation sites excluding steroid dienone is 1. The van der Waals surface area contributed by atoms with E-state index in [0.717, 1.165) is 29.5 Å². The highest BCUT2D eigenvalue weighted by atomic mass is 16.5. The van der Waals surface area contributed by atoms with E-state index in [0.29, 0.717) is 53.6 Å². The standard InChI is InChI=1S/C37H41N7O5/c1-24-2-5-27(6-3-24)32-21-44(20-25-8-10-49-11-9-25)22-33(36(32)48)35(47)19-40-14-26-4-7-34(42-15-26)31-12-28(17-43-37(31)39)29(13-38)16-41-18-30(46)23-45/h2-7,12-13,15-17,19,21-22,25,30,45-46H,8-11,14,18,20,23,38H2,1H3,(H2,39,43)/t30-/m0/s1. The molecule has 1 aliphatic rings. The number of nitrogens with two attached hydrogens (primary N) is 2. The van der Waals surface area contributed by atoms with E-state index in [4.69, 9.17) is 21.3 Å². The zero-order valence-corrected chi connectivity index (χ0v) is 27.4. The summed E-state index contributed by atoms with van der Waals surface area (Å²) in [5, 5.41) is 18.5. The number of Topliss-reactive ketones (excluding diaryl/α,β-unsaturated/α-hetero) is 1. The molecule has 0 amide bonds. The van der Waals surface area contributed by atoms with Crippen LogP contribution in [0.2, 0.25) is 0 Å². The van der Waals surface area contributed by atoms with Gasteiger partial charge in [0.15, 0.2) is 0 Å². The molecule has 3 aromatic heterocycles. The van der Waals surface area contributed by atoms with E-state index in [1.807, 2.05) is 48.0 Å². The van der Waals surface area contributed by atoms with Gasteiger partial charge in [-0.2, -0.15) is 0 Å². The molecule has 0 aliphatic carbocycles. The molecule has 4 heterocycles. The average molecular weight is 664 g/mol. The third kappa shape index (κ3) is 9.20. The number of benzene rings is 1. The minimum atomic E-state index is -0.959. The number of aliphatic hydroxyl groups is 2. The Hall–Kier alpha value is -5.30. The lowest BCUT2D eigenvalue weighted by molar-refractivity contribution is 0.0612. The maximum Gasteiger partial charge on any atom is 0.208 e. The summed E-state index contributed by atoms with van der Waals surface area (Å²) in [6, 6.07) is 13.1. The van der Waals surface area contributed by atoms with Crippen LogP contribution in [0.4, 0.5) is 5.82 Å². The largest absolute Gasteiger partial charge is 0.404 e. The summed E-state index contributed by atoms with van der Waals surface area (Å²) < 4.78 is 7.46. The monoisotopic (exact) mass is 663 g/mol. The molecule has 1 aromatic carbocycles. The number of carbonyl (C=O) groups excluding carboxylic acids is 1. The van der Waals surface area contributed by atoms with Crippen LogP contribution in [0.1, 0.15) is 39.9 Å². The van der Waals surface area contributed by atoms with Crippen LogP contribution in [0, 0.1) is 12.8 Å². The summed E-state index contributed by atoms with van der Waals surface area (Å²) in [6.45, 7) is 3.90. The second kappa shape index (κ2) is 16.7. The molecule has 0 saturated carbocycles. The first kappa shape index (κ1) is 35.0. The van der Waals surface area contributed by atoms with Crippen LogP contribution in [0.25, 0.3) is 28.0 Å². The highest BCUT2D eigenvalue weighted by Gasteiger charge is 2.19. The topological polar surface area (TPSA) is 191 Å². The van der Waals surface area contributed by atoms with E-state index in [9.17, 15) is 14.7 Å². The maximum atomic E-state index is 13.6. The number of aliphatic hydroxyl groups excluding tert-OH is 2. The van der Waals surface area contributed by atoms with Gasteiger partial charge in [-0.05, 0) is 48.9 Å². The Morgan fingerprint density at radius 3 is 2.53 bits per heavy atom. The Kier molecular flexibility index (Phi) is 11.9. The summed E-state index contributed by atoms with van der Waals surface area (Å²) in [6.07, 6.45) is 11.6. The number of aryl methyl sites for hydroxylation is 1. The van der Waals surface area contributed by atoms with Gasteiger partial charge in [0, 0.05) is 79.2 Å². The van der Waals surface area contributed by atoms with E-state index in [2.05, 4.69) is 20.0 Å². The molecular formula is C37H41N7O5. The molecular weight excluding hydrogens is 622 g/mol. The van der Waals surface area contributed by atoms with Crippen molar-refractivity contribution in [2.75, 3.05) is 32.1 Å². The van der Waals surface area contributed by atoms with Crippen molar-refractivity contribution in [2.45, 2.75) is 39.0 Å². The summed E-state index contributed by atoms with van der Waals surface area (Å²) in [5.41, 5.74) is 17.1. The number of hydrogen-bond acceptors (Lipinski definition) is 11. The van der Waals surface area contributed by atoms with E-state index in [1.54, 1.807) is 30.7 Å². The van der Waals surface area contributed by atoms with Crippen molar-refractivity contribution in [3.05, 3.63) is 106 Å². The molecule has 49 heavy (non-hydrogen) atoms. The number of carbonyl (C=O) groups is 1. The van der Waals surface area contributed by atoms with Crippen molar-refractivity contribution in [2.24, 2.45) is 21.6 Å². The number of ether oxygens (including phenoxy) is 1. The first-order valence-corrected chi connectivity index (χ1v) is 16.1. The predicted octanol–water partition coefficient (Wildman–Crippen LogP) is 3.47. The van der Waals surface area contributed by atoms with Gasteiger partial charge in [-0.3, -0.25) is 24.6 Å². The van der Waals surface area contributed by atoms with Gasteiger partial charge >= 0.3 is 0 Å². The highest BCUT2D eigenvalue weighted by Crippen LogP contribution is 2.26. The van der Waals surface area contributed by atoms with Crippen LogP contribution in [0.3, 0.4) is 0 Å². The molecule has 1 atom stereocenters. The van der Waals surface area contributed by atoms with E-state index in [-0.39, 0.29) is 29.9 Å². The second-order valence-corrected chi connectivity index (χ2v) is 12.0. The van der Waals surface area contributed by atoms with Crippen molar-refractivity contribution in [1.82, 2.24) is 14.5 Å². The predicted molar refractivity (Wildman–Crippen MR) is 191 cm³/mol. The minimum Gasteiger partial charge on any atom is -0.404 e. The average Bonchev–Trinajstić information content (AvgIpc) is 3.12. The lowest BCUT2D eigenvalue weighted by atomic mass is 9.99. The van der Waals surface area contributed by atoms with Crippen molar-refractivity contribution < 1.29 is 19.7 Å². The van der Waals surface area contributed by atoms with E-state index in [1.165, 1.54) is 18.6 Å². The van der Waals surface area contributed by atoms with Gasteiger partial charge in [0.25, 0.3) is 0 Å². The maximum absolute atomic E-state index is 13.6. The van der Waals surface area contributed by atoms with Crippen molar-refractivity contribution >= 4 is 29.6 Å². The van der Waals surface area contributed by atoms with Crippen molar-refractivity contribution in [3.63, 3.8) is 0 Å². The lowest BCUT2D eigenvalue weighted by Crippen LogP contribution is -2.24. The van der Waals surface area contributed by atoms with Crippen LogP contribution in [-0.4, -0.2) is 75.4 Å². The Morgan fingerprint density at radius 2 is 1.84 bits per heavy atom. The molecule has 254 valence electrons. The van der Waals surface area contributed by atoms with Gasteiger partial charge < -0.3 is 31.0 Å². The quantitative estimate of drug-likeness (QED) is 0.123. The Labute approximate surface area is 284 Å². The molecule has 1 aliphatic heterocycles. The zero-order valence-electron chi connectivity index (χ0n) is 27.4. The number of hydrogen-bond donors (Lipinski definition) is 4. The molecule has 1 fully saturated rings. The van der Waals surface area contributed by atoms with E-state index < -0.39 is 18.5 Å². The number of nitrogen functional groups attached to an aromatic ring is 1. The van der Waals surface area contributed by atoms with Crippen LogP contribution in [0.15, 0.2) is 88.2 Å². The number of anilines is 1. The SMILES string of the molecule is Cc1ccc(-c2cn(CC3CCOCC3)cc(C(=O)C=NCc3ccc(-c4cc(C(C=NC[C@H](O)CO)=CN)cnc4N)nc3)c2=O)cc1. The van der Waals surface area contributed by atoms with Crippen LogP contribution in [0.5, 0.6) is 0 Å². The molecule has 12 nitrogen and oxygen atoms in total. The van der Waals surface area contributed by atoms with Crippen LogP contribution < -0.4 is 16.9 Å². The van der Waals surface area contributed by atoms with Gasteiger partial charge in [-0.25, -0.2) is 4.98 Å². The zero-order chi connectivity index (χ0) is 34.8. The number of aliphatic imine (C=N–C) groups is 2. The molecule has 6 N–H and O–H groups in total. The van der Waals surface area contributed by atoms with Crippen LogP contribution in [-0.2, 0) is 17.8 Å². The summed E-state index contributed by atoms with van der Waals surface area (Å²) >= 11 is 0. The fourth-order valence-corrected chi connectivity index (χ4v) is 5.44. The minimum absolute atomic E-state index is 0.0225. The lowest BCUT2D eigenvalue weighted by Gasteiger charge is -2.23. The molecule has 4 aromatic rings. The summed E-state index contributed by atoms with van der Waals surface area (Å²) in [4.78, 5) is 44.2. The molecule has 12 heteroatoms. The Balaban J connectivity index is 1.31. The fraction of sp³-hybridized carbons (Fsp3) is 0.297. The third-order valence-electron chi connectivity index (χ3n) is 8.29. The molecule has 5 rings (SSSR count). The van der Waals surface area contributed by atoms with Gasteiger partial charge in [0.1, 0.15) is 5.82 Å². The highest BCUT2D eigenvalue weighted by molar-refractivity contribution is 6.35. The first-order chi connectivity index (χ1) is 23.7. The molecule has 1 saturated heterocycles. The second-order valence-electron chi connectivity index (χ2n) is 12.0. The van der Waals surface area contributed by atoms with Crippen molar-refractivity contribution in [1.29, 1.82) is 0 Å². The molecule has 0 spiro atoms. The number of ketones is 1. The number of rotatable bonds is 13. The summed E-state index contributed by atoms with van der Waals surface area (Å²) in [7, 11) is 0. The molecule has 0 unspecified atom stereocenters. The Morgan fingerprint density at radius 1 is 1.06 bits per heavy atom. The number of pyridine rings is 3. The fourth-order valence-electron chi connectivity index (χ4n) is 5.44. The number of aromatic nitrogens is 3. The normalized spacial score (nSPS) is 14.9. The van der Waals surface area contributed by atoms with E-state index >= 15 is 0 Å². The molecule has 0 bridgehead atoms. The number of nitrogens with zero attached hydrogens (tertiary/aromatic N) is 5. The third-order valence-corrected chi connectivity index (χ3v) is 8.29. The van der Waals surface area contributed by atoms with Crippen LogP contribution >= 0.6 is 0 Å². The van der Waals surface area contributed by atoms with Gasteiger partial charge in [0.05, 0.1) is 43.3 Å². The Bertz CT molecular complexity index is 1890. The van der Waals surface area contributed by atoms with Gasteiger partial charge in [-0.1, -0.05) is 35.9 Å². The van der Waals surface area contributed by atoms with Gasteiger partial charge in [0.2, 0.25) is 11.2 Å². The van der Waals surface area contributed by atoms with Crippen molar-refractivity contribution in [3.8, 4) is 22.4 Å². The summed E-state index contributed by atoms with van der Waals surface area (Å²) in [5.74, 6) is 0.207. The molecule has 0 radical (unpaired) electrons.